The minimum absolute atomic E-state index is 0.0617. The van der Waals surface area contributed by atoms with Crippen LogP contribution in [0.15, 0.2) is 54.6 Å². The third-order valence-corrected chi connectivity index (χ3v) is 7.33. The molecule has 1 aliphatic rings. The van der Waals surface area contributed by atoms with E-state index in [1.807, 2.05) is 19.1 Å². The van der Waals surface area contributed by atoms with Gasteiger partial charge in [0.1, 0.15) is 5.75 Å². The molecule has 172 valence electrons. The maximum atomic E-state index is 11.1. The van der Waals surface area contributed by atoms with Gasteiger partial charge in [0.05, 0.1) is 18.0 Å². The van der Waals surface area contributed by atoms with E-state index in [0.717, 1.165) is 66.1 Å². The molecular weight excluding hydrogens is 434 g/mol. The number of benzene rings is 2. The fourth-order valence-electron chi connectivity index (χ4n) is 4.45. The molecule has 7 nitrogen and oxygen atoms in total. The molecular formula is C25H29N5O2S. The van der Waals surface area contributed by atoms with Crippen LogP contribution >= 0.6 is 11.3 Å². The van der Waals surface area contributed by atoms with Gasteiger partial charge in [-0.1, -0.05) is 60.7 Å². The van der Waals surface area contributed by atoms with Crippen LogP contribution in [0.5, 0.6) is 11.6 Å². The van der Waals surface area contributed by atoms with Gasteiger partial charge in [-0.15, -0.1) is 5.10 Å². The lowest BCUT2D eigenvalue weighted by molar-refractivity contribution is 0.105. The van der Waals surface area contributed by atoms with E-state index in [9.17, 15) is 5.11 Å². The van der Waals surface area contributed by atoms with Gasteiger partial charge in [-0.25, -0.2) is 4.98 Å². The standard InChI is InChI=1S/C25H29N5O2S/c1-3-21-26-25-30(27-21)24(31)23(33-25)22(19-9-11-20(32-2)12-10-19)29-15-13-28(14-16-29)17-18-7-5-4-6-8-18/h4-12,22,31H,3,13-17H2,1-2H3/t22-/m1/s1. The van der Waals surface area contributed by atoms with Crippen LogP contribution in [0.4, 0.5) is 0 Å². The van der Waals surface area contributed by atoms with Crippen molar-refractivity contribution in [3.63, 3.8) is 0 Å². The van der Waals surface area contributed by atoms with Crippen LogP contribution in [0.1, 0.15) is 34.8 Å². The van der Waals surface area contributed by atoms with E-state index in [0.29, 0.717) is 0 Å². The molecule has 1 N–H and O–H groups in total. The van der Waals surface area contributed by atoms with Crippen LogP contribution < -0.4 is 4.74 Å². The Hall–Kier alpha value is -2.94. The van der Waals surface area contributed by atoms with E-state index >= 15 is 0 Å². The zero-order valence-corrected chi connectivity index (χ0v) is 19.8. The van der Waals surface area contributed by atoms with Crippen LogP contribution in [-0.4, -0.2) is 62.8 Å². The van der Waals surface area contributed by atoms with Gasteiger partial charge < -0.3 is 9.84 Å². The van der Waals surface area contributed by atoms with E-state index in [2.05, 4.69) is 62.3 Å². The molecule has 33 heavy (non-hydrogen) atoms. The highest BCUT2D eigenvalue weighted by molar-refractivity contribution is 7.17. The minimum atomic E-state index is -0.0617. The van der Waals surface area contributed by atoms with Crippen molar-refractivity contribution in [1.82, 2.24) is 24.4 Å². The topological polar surface area (TPSA) is 66.1 Å². The van der Waals surface area contributed by atoms with Gasteiger partial charge in [0.15, 0.2) is 5.82 Å². The van der Waals surface area contributed by atoms with Crippen LogP contribution in [0.25, 0.3) is 4.96 Å². The lowest BCUT2D eigenvalue weighted by Crippen LogP contribution is -2.47. The zero-order valence-electron chi connectivity index (χ0n) is 19.0. The monoisotopic (exact) mass is 463 g/mol. The molecule has 1 aliphatic heterocycles. The zero-order chi connectivity index (χ0) is 22.8. The van der Waals surface area contributed by atoms with Crippen molar-refractivity contribution < 1.29 is 9.84 Å². The number of rotatable bonds is 7. The highest BCUT2D eigenvalue weighted by Gasteiger charge is 2.31. The van der Waals surface area contributed by atoms with Gasteiger partial charge in [-0.05, 0) is 23.3 Å². The van der Waals surface area contributed by atoms with Crippen LogP contribution in [-0.2, 0) is 13.0 Å². The number of fused-ring (bicyclic) bond motifs is 1. The number of aromatic nitrogens is 3. The summed E-state index contributed by atoms with van der Waals surface area (Å²) in [7, 11) is 1.68. The first-order chi connectivity index (χ1) is 16.2. The Morgan fingerprint density at radius 3 is 2.39 bits per heavy atom. The summed E-state index contributed by atoms with van der Waals surface area (Å²) < 4.78 is 6.95. The van der Waals surface area contributed by atoms with Gasteiger partial charge in [0, 0.05) is 39.1 Å². The first-order valence-corrected chi connectivity index (χ1v) is 12.2. The lowest BCUT2D eigenvalue weighted by Gasteiger charge is -2.39. The number of ether oxygens (including phenoxy) is 1. The van der Waals surface area contributed by atoms with Gasteiger partial charge in [-0.3, -0.25) is 9.80 Å². The first kappa shape index (κ1) is 21.9. The predicted molar refractivity (Wildman–Crippen MR) is 130 cm³/mol. The molecule has 1 fully saturated rings. The second-order valence-corrected chi connectivity index (χ2v) is 9.35. The normalized spacial score (nSPS) is 16.3. The Morgan fingerprint density at radius 1 is 1.03 bits per heavy atom. The van der Waals surface area contributed by atoms with Crippen molar-refractivity contribution in [2.24, 2.45) is 0 Å². The minimum Gasteiger partial charge on any atom is -0.497 e. The molecule has 3 heterocycles. The number of nitrogens with zero attached hydrogens (tertiary/aromatic N) is 5. The molecule has 2 aromatic carbocycles. The van der Waals surface area contributed by atoms with E-state index in [1.165, 1.54) is 16.9 Å². The maximum Gasteiger partial charge on any atom is 0.230 e. The van der Waals surface area contributed by atoms with Gasteiger partial charge in [0.2, 0.25) is 10.8 Å². The lowest BCUT2D eigenvalue weighted by atomic mass is 10.0. The molecule has 0 saturated carbocycles. The Kier molecular flexibility index (Phi) is 6.30. The fourth-order valence-corrected chi connectivity index (χ4v) is 5.59. The SMILES string of the molecule is CCc1nc2sc([C@@H](c3ccc(OC)cc3)N3CCN(Cc4ccccc4)CC3)c(O)n2n1. The Labute approximate surface area is 197 Å². The quantitative estimate of drug-likeness (QED) is 0.447. The van der Waals surface area contributed by atoms with Crippen molar-refractivity contribution in [3.8, 4) is 11.6 Å². The second-order valence-electron chi connectivity index (χ2n) is 8.34. The summed E-state index contributed by atoms with van der Waals surface area (Å²) in [5, 5.41) is 15.6. The summed E-state index contributed by atoms with van der Waals surface area (Å²) in [6, 6.07) is 18.7. The highest BCUT2D eigenvalue weighted by Crippen LogP contribution is 2.40. The predicted octanol–water partition coefficient (Wildman–Crippen LogP) is 3.97. The van der Waals surface area contributed by atoms with Crippen LogP contribution in [0.2, 0.25) is 0 Å². The average molecular weight is 464 g/mol. The molecule has 1 saturated heterocycles. The largest absolute Gasteiger partial charge is 0.497 e. The van der Waals surface area contributed by atoms with Crippen molar-refractivity contribution in [1.29, 1.82) is 0 Å². The molecule has 4 aromatic rings. The Balaban J connectivity index is 1.42. The van der Waals surface area contributed by atoms with E-state index in [4.69, 9.17) is 4.74 Å². The number of hydrogen-bond donors (Lipinski definition) is 1. The van der Waals surface area contributed by atoms with Gasteiger partial charge >= 0.3 is 0 Å². The van der Waals surface area contributed by atoms with Crippen molar-refractivity contribution in [2.75, 3.05) is 33.3 Å². The molecule has 0 aliphatic carbocycles. The molecule has 0 spiro atoms. The Bertz CT molecular complexity index is 1200. The summed E-state index contributed by atoms with van der Waals surface area (Å²) in [5.74, 6) is 1.76. The molecule has 1 atom stereocenters. The molecule has 2 aromatic heterocycles. The third-order valence-electron chi connectivity index (χ3n) is 6.26. The highest BCUT2D eigenvalue weighted by atomic mass is 32.1. The average Bonchev–Trinajstić information content (AvgIpc) is 3.40. The molecule has 0 bridgehead atoms. The maximum absolute atomic E-state index is 11.1. The summed E-state index contributed by atoms with van der Waals surface area (Å²) in [6.45, 7) is 6.76. The molecule has 5 rings (SSSR count). The summed E-state index contributed by atoms with van der Waals surface area (Å²) >= 11 is 1.52. The number of hydrogen-bond acceptors (Lipinski definition) is 7. The fraction of sp³-hybridized carbons (Fsp3) is 0.360. The van der Waals surface area contributed by atoms with Gasteiger partial charge in [0.25, 0.3) is 0 Å². The number of aryl methyl sites for hydroxylation is 1. The van der Waals surface area contributed by atoms with Crippen LogP contribution in [0, 0.1) is 0 Å². The molecule has 0 unspecified atom stereocenters. The summed E-state index contributed by atoms with van der Waals surface area (Å²) in [4.78, 5) is 11.2. The number of thiazole rings is 1. The van der Waals surface area contributed by atoms with Crippen molar-refractivity contribution in [3.05, 3.63) is 76.4 Å². The van der Waals surface area contributed by atoms with E-state index in [1.54, 1.807) is 11.6 Å². The van der Waals surface area contributed by atoms with Crippen molar-refractivity contribution in [2.45, 2.75) is 25.9 Å². The Morgan fingerprint density at radius 2 is 1.76 bits per heavy atom. The van der Waals surface area contributed by atoms with E-state index < -0.39 is 0 Å². The van der Waals surface area contributed by atoms with E-state index in [-0.39, 0.29) is 11.9 Å². The molecule has 8 heteroatoms. The second kappa shape index (κ2) is 9.51. The van der Waals surface area contributed by atoms with Crippen LogP contribution in [0.3, 0.4) is 0 Å². The first-order valence-electron chi connectivity index (χ1n) is 11.4. The number of methoxy groups -OCH3 is 1. The van der Waals surface area contributed by atoms with Gasteiger partial charge in [-0.2, -0.15) is 4.52 Å². The third kappa shape index (κ3) is 4.46. The summed E-state index contributed by atoms with van der Waals surface area (Å²) in [5.41, 5.74) is 2.47. The smallest absolute Gasteiger partial charge is 0.230 e. The van der Waals surface area contributed by atoms with Crippen molar-refractivity contribution >= 4 is 16.3 Å². The number of piperazine rings is 1. The molecule has 0 radical (unpaired) electrons. The molecule has 0 amide bonds. The number of aromatic hydroxyl groups is 1. The summed E-state index contributed by atoms with van der Waals surface area (Å²) in [6.07, 6.45) is 0.744.